The quantitative estimate of drug-likeness (QED) is 0.138. The molecule has 0 spiro atoms. The predicted octanol–water partition coefficient (Wildman–Crippen LogP) is 7.47. The van der Waals surface area contributed by atoms with Gasteiger partial charge < -0.3 is 19.7 Å². The van der Waals surface area contributed by atoms with Crippen LogP contribution >= 0.6 is 11.3 Å². The predicted molar refractivity (Wildman–Crippen MR) is 183 cm³/mol. The zero-order valence-electron chi connectivity index (χ0n) is 27.6. The van der Waals surface area contributed by atoms with Gasteiger partial charge in [0, 0.05) is 42.0 Å². The van der Waals surface area contributed by atoms with Crippen LogP contribution in [0, 0.1) is 18.8 Å². The summed E-state index contributed by atoms with van der Waals surface area (Å²) in [5, 5.41) is 6.83. The molecule has 0 radical (unpaired) electrons. The summed E-state index contributed by atoms with van der Waals surface area (Å²) in [6.07, 6.45) is 7.69. The minimum absolute atomic E-state index is 0.0173. The molecule has 0 saturated heterocycles. The van der Waals surface area contributed by atoms with Crippen molar-refractivity contribution in [3.05, 3.63) is 60.1 Å². The lowest BCUT2D eigenvalue weighted by molar-refractivity contribution is -0.140. The zero-order chi connectivity index (χ0) is 32.7. The van der Waals surface area contributed by atoms with Crippen LogP contribution in [0.15, 0.2) is 48.9 Å². The maximum absolute atomic E-state index is 13.8. The van der Waals surface area contributed by atoms with Crippen LogP contribution in [0.4, 0.5) is 0 Å². The number of fused-ring (bicyclic) bond motifs is 1. The molecule has 0 unspecified atom stereocenters. The number of ether oxygens (including phenoxy) is 2. The lowest BCUT2D eigenvalue weighted by Gasteiger charge is -2.25. The fourth-order valence-corrected chi connectivity index (χ4v) is 6.90. The Morgan fingerprint density at radius 2 is 1.91 bits per heavy atom. The summed E-state index contributed by atoms with van der Waals surface area (Å²) < 4.78 is 12.4. The van der Waals surface area contributed by atoms with Crippen molar-refractivity contribution in [3.8, 4) is 22.2 Å². The van der Waals surface area contributed by atoms with Crippen LogP contribution in [0.3, 0.4) is 0 Å². The van der Waals surface area contributed by atoms with Gasteiger partial charge in [-0.25, -0.2) is 9.97 Å². The first kappa shape index (κ1) is 34.2. The van der Waals surface area contributed by atoms with Crippen LogP contribution in [0.5, 0.6) is 11.5 Å². The Hall–Kier alpha value is -3.72. The molecule has 1 aliphatic carbocycles. The van der Waals surface area contributed by atoms with Crippen LogP contribution in [0.25, 0.3) is 21.6 Å². The number of carbonyl (C=O) groups excluding carboxylic acids is 2. The third-order valence-electron chi connectivity index (χ3n) is 8.75. The van der Waals surface area contributed by atoms with E-state index in [9.17, 15) is 9.59 Å². The average Bonchev–Trinajstić information content (AvgIpc) is 3.70. The Bertz CT molecular complexity index is 1520. The summed E-state index contributed by atoms with van der Waals surface area (Å²) in [5.41, 5.74) is 3.43. The van der Waals surface area contributed by atoms with Gasteiger partial charge in [-0.2, -0.15) is 0 Å². The van der Waals surface area contributed by atoms with Crippen molar-refractivity contribution in [3.63, 3.8) is 0 Å². The molecule has 1 fully saturated rings. The number of benzene rings is 1. The lowest BCUT2D eigenvalue weighted by atomic mass is 9.93. The van der Waals surface area contributed by atoms with Crippen molar-refractivity contribution >= 4 is 34.1 Å². The first-order chi connectivity index (χ1) is 21.6. The first-order valence-corrected chi connectivity index (χ1v) is 16.9. The second-order valence-corrected chi connectivity index (χ2v) is 13.1. The van der Waals surface area contributed by atoms with E-state index in [1.807, 2.05) is 45.2 Å². The van der Waals surface area contributed by atoms with E-state index in [4.69, 9.17) is 19.4 Å². The van der Waals surface area contributed by atoms with Crippen LogP contribution in [0.1, 0.15) is 76.5 Å². The minimum Gasteiger partial charge on any atom is -0.496 e. The van der Waals surface area contributed by atoms with Crippen LogP contribution in [-0.4, -0.2) is 59.5 Å². The van der Waals surface area contributed by atoms with Gasteiger partial charge in [0.25, 0.3) is 0 Å². The van der Waals surface area contributed by atoms with Gasteiger partial charge in [-0.05, 0) is 63.5 Å². The second kappa shape index (κ2) is 15.5. The number of aryl methyl sites for hydroxylation is 1. The second-order valence-electron chi connectivity index (χ2n) is 12.3. The number of pyridine rings is 1. The van der Waals surface area contributed by atoms with Crippen molar-refractivity contribution in [1.29, 1.82) is 0 Å². The van der Waals surface area contributed by atoms with Gasteiger partial charge in [0.1, 0.15) is 28.3 Å². The largest absolute Gasteiger partial charge is 0.496 e. The summed E-state index contributed by atoms with van der Waals surface area (Å²) in [7, 11) is 3.48. The van der Waals surface area contributed by atoms with Crippen molar-refractivity contribution in [2.24, 2.45) is 11.8 Å². The molecule has 0 bridgehead atoms. The van der Waals surface area contributed by atoms with E-state index >= 15 is 0 Å². The number of amides is 2. The zero-order valence-corrected chi connectivity index (χ0v) is 28.4. The molecule has 45 heavy (non-hydrogen) atoms. The van der Waals surface area contributed by atoms with Gasteiger partial charge in [0.15, 0.2) is 0 Å². The van der Waals surface area contributed by atoms with Gasteiger partial charge in [0.05, 0.1) is 30.2 Å². The lowest BCUT2D eigenvalue weighted by Crippen LogP contribution is -2.43. The summed E-state index contributed by atoms with van der Waals surface area (Å²) >= 11 is 1.56. The summed E-state index contributed by atoms with van der Waals surface area (Å²) in [6, 6.07) is 5.68. The molecular weight excluding hydrogens is 584 g/mol. The number of hydrogen-bond acceptors (Lipinski definition) is 7. The number of nitrogens with one attached hydrogen (secondary N) is 1. The Balaban J connectivity index is 1.68. The number of aromatic nitrogens is 2. The topological polar surface area (TPSA) is 93.7 Å². The van der Waals surface area contributed by atoms with Crippen molar-refractivity contribution in [2.75, 3.05) is 20.7 Å². The highest BCUT2D eigenvalue weighted by atomic mass is 32.1. The summed E-state index contributed by atoms with van der Waals surface area (Å²) in [5.74, 6) is 0.574. The fraction of sp³-hybridized carbons (Fsp3) is 0.500. The molecule has 2 heterocycles. The molecule has 2 amide bonds. The third kappa shape index (κ3) is 7.93. The molecule has 2 aromatic heterocycles. The monoisotopic (exact) mass is 632 g/mol. The molecular formula is C36H48N4O4S. The number of nitrogens with zero attached hydrogens (tertiary/aromatic N) is 3. The minimum atomic E-state index is -0.505. The standard InChI is InChI=1S/C36H48N4O4S/c1-9-12-13-14-17-40(7)36(42)28-19-25(18-27(28)34(41)37-24(10-2)11-3)44-32-20-29(35-39-30(21-45-35)22(4)5)38-33-23(6)31(43-8)16-15-26(32)33/h9-10,15-16,20-22,24-25,27-28H,1-2,11-14,17-19H2,3-8H3,(H,37,41)/t24-,25-,27-,28-/m1/s1. The molecule has 9 heteroatoms. The van der Waals surface area contributed by atoms with Gasteiger partial charge in [0.2, 0.25) is 11.8 Å². The number of allylic oxidation sites excluding steroid dienone is 1. The number of rotatable bonds is 15. The highest BCUT2D eigenvalue weighted by Crippen LogP contribution is 2.41. The Morgan fingerprint density at radius 3 is 2.56 bits per heavy atom. The molecule has 4 atom stereocenters. The van der Waals surface area contributed by atoms with Crippen molar-refractivity contribution < 1.29 is 19.1 Å². The molecule has 1 N–H and O–H groups in total. The van der Waals surface area contributed by atoms with Crippen molar-refractivity contribution in [1.82, 2.24) is 20.2 Å². The van der Waals surface area contributed by atoms with Crippen LogP contribution < -0.4 is 14.8 Å². The maximum Gasteiger partial charge on any atom is 0.226 e. The number of unbranched alkanes of at least 4 members (excludes halogenated alkanes) is 2. The van der Waals surface area contributed by atoms with Gasteiger partial charge >= 0.3 is 0 Å². The smallest absolute Gasteiger partial charge is 0.226 e. The van der Waals surface area contributed by atoms with E-state index in [1.54, 1.807) is 29.4 Å². The SMILES string of the molecule is C=CCCCCN(C)C(=O)[C@@H]1C[C@H](Oc2cc(-c3nc(C(C)C)cs3)nc3c(C)c(OC)ccc23)C[C@H]1C(=O)N[C@H](C=C)CC. The van der Waals surface area contributed by atoms with E-state index in [0.717, 1.165) is 64.3 Å². The number of methoxy groups -OCH3 is 1. The first-order valence-electron chi connectivity index (χ1n) is 16.0. The van der Waals surface area contributed by atoms with E-state index < -0.39 is 11.8 Å². The van der Waals surface area contributed by atoms with Gasteiger partial charge in [-0.1, -0.05) is 32.9 Å². The summed E-state index contributed by atoms with van der Waals surface area (Å²) in [4.78, 5) is 39.0. The van der Waals surface area contributed by atoms with E-state index in [2.05, 4.69) is 37.7 Å². The van der Waals surface area contributed by atoms with Crippen molar-refractivity contribution in [2.45, 2.75) is 84.3 Å². The third-order valence-corrected chi connectivity index (χ3v) is 9.63. The average molecular weight is 633 g/mol. The number of carbonyl (C=O) groups is 2. The van der Waals surface area contributed by atoms with E-state index in [-0.39, 0.29) is 24.0 Å². The Morgan fingerprint density at radius 1 is 1.16 bits per heavy atom. The molecule has 3 aromatic rings. The van der Waals surface area contributed by atoms with Crippen LogP contribution in [-0.2, 0) is 9.59 Å². The molecule has 1 aromatic carbocycles. The number of thiazole rings is 1. The van der Waals surface area contributed by atoms with Gasteiger partial charge in [-0.15, -0.1) is 24.5 Å². The molecule has 1 aliphatic rings. The molecule has 1 saturated carbocycles. The highest BCUT2D eigenvalue weighted by Gasteiger charge is 2.45. The molecule has 0 aliphatic heterocycles. The normalized spacial score (nSPS) is 18.5. The summed E-state index contributed by atoms with van der Waals surface area (Å²) in [6.45, 7) is 16.5. The van der Waals surface area contributed by atoms with E-state index in [1.165, 1.54) is 0 Å². The molecule has 242 valence electrons. The van der Waals surface area contributed by atoms with Gasteiger partial charge in [-0.3, -0.25) is 9.59 Å². The molecule has 4 rings (SSSR count). The van der Waals surface area contributed by atoms with E-state index in [0.29, 0.717) is 31.1 Å². The fourth-order valence-electron chi connectivity index (χ4n) is 5.95. The highest BCUT2D eigenvalue weighted by molar-refractivity contribution is 7.13. The maximum atomic E-state index is 13.8. The Kier molecular flexibility index (Phi) is 11.8. The molecule has 8 nitrogen and oxygen atoms in total. The number of hydrogen-bond donors (Lipinski definition) is 1. The Labute approximate surface area is 271 Å². The van der Waals surface area contributed by atoms with Crippen LogP contribution in [0.2, 0.25) is 0 Å².